The summed E-state index contributed by atoms with van der Waals surface area (Å²) >= 11 is 0. The highest BCUT2D eigenvalue weighted by Gasteiger charge is 2.27. The van der Waals surface area contributed by atoms with Gasteiger partial charge in [-0.2, -0.15) is 0 Å². The molecule has 0 aliphatic heterocycles. The standard InChI is InChI=1S/C16H19NO2/c1-3-9-17(10-4-2)14-11-15(18)16(19)13-8-6-5-7-12(13)14/h5-8,11H,3-4,9-10H2,1-2H3. The van der Waals surface area contributed by atoms with Gasteiger partial charge in [-0.15, -0.1) is 0 Å². The largest absolute Gasteiger partial charge is 0.371 e. The van der Waals surface area contributed by atoms with Crippen LogP contribution in [0.1, 0.15) is 42.6 Å². The van der Waals surface area contributed by atoms with Gasteiger partial charge in [-0.1, -0.05) is 38.1 Å². The first-order valence-electron chi connectivity index (χ1n) is 6.83. The number of Topliss-reactive ketones (excluding diaryl/α,β-unsaturated/α-hetero) is 1. The second-order valence-corrected chi connectivity index (χ2v) is 4.76. The molecule has 1 aliphatic rings. The van der Waals surface area contributed by atoms with E-state index in [1.165, 1.54) is 6.08 Å². The smallest absolute Gasteiger partial charge is 0.233 e. The summed E-state index contributed by atoms with van der Waals surface area (Å²) in [5, 5.41) is 0. The van der Waals surface area contributed by atoms with Crippen molar-refractivity contribution < 1.29 is 9.59 Å². The van der Waals surface area contributed by atoms with Crippen molar-refractivity contribution in [2.24, 2.45) is 0 Å². The van der Waals surface area contributed by atoms with Gasteiger partial charge in [0.05, 0.1) is 0 Å². The van der Waals surface area contributed by atoms with Crippen LogP contribution in [0.15, 0.2) is 30.3 Å². The highest BCUT2D eigenvalue weighted by atomic mass is 16.2. The summed E-state index contributed by atoms with van der Waals surface area (Å²) in [6.07, 6.45) is 3.53. The summed E-state index contributed by atoms with van der Waals surface area (Å²) < 4.78 is 0. The highest BCUT2D eigenvalue weighted by molar-refractivity contribution is 6.50. The number of fused-ring (bicyclic) bond motifs is 1. The second kappa shape index (κ2) is 5.83. The van der Waals surface area contributed by atoms with Gasteiger partial charge in [0.1, 0.15) is 0 Å². The Morgan fingerprint density at radius 2 is 1.53 bits per heavy atom. The van der Waals surface area contributed by atoms with Gasteiger partial charge in [-0.25, -0.2) is 0 Å². The van der Waals surface area contributed by atoms with E-state index in [9.17, 15) is 9.59 Å². The van der Waals surface area contributed by atoms with Crippen LogP contribution in [0.2, 0.25) is 0 Å². The lowest BCUT2D eigenvalue weighted by atomic mass is 9.92. The molecule has 0 saturated carbocycles. The van der Waals surface area contributed by atoms with Gasteiger partial charge in [-0.3, -0.25) is 9.59 Å². The van der Waals surface area contributed by atoms with Gasteiger partial charge >= 0.3 is 0 Å². The van der Waals surface area contributed by atoms with Gasteiger partial charge in [0.2, 0.25) is 11.6 Å². The Labute approximate surface area is 113 Å². The molecule has 0 amide bonds. The summed E-state index contributed by atoms with van der Waals surface area (Å²) in [5.41, 5.74) is 2.31. The number of benzene rings is 1. The van der Waals surface area contributed by atoms with Crippen molar-refractivity contribution >= 4 is 17.3 Å². The van der Waals surface area contributed by atoms with Crippen LogP contribution in [0, 0.1) is 0 Å². The van der Waals surface area contributed by atoms with Crippen molar-refractivity contribution in [1.29, 1.82) is 0 Å². The fourth-order valence-electron chi connectivity index (χ4n) is 2.46. The Hall–Kier alpha value is -1.90. The van der Waals surface area contributed by atoms with E-state index in [-0.39, 0.29) is 0 Å². The van der Waals surface area contributed by atoms with Gasteiger partial charge in [-0.05, 0) is 12.8 Å². The molecule has 2 rings (SSSR count). The molecule has 0 radical (unpaired) electrons. The molecule has 0 heterocycles. The molecule has 0 fully saturated rings. The lowest BCUT2D eigenvalue weighted by Crippen LogP contribution is -2.29. The number of hydrogen-bond acceptors (Lipinski definition) is 3. The van der Waals surface area contributed by atoms with E-state index < -0.39 is 11.6 Å². The molecule has 0 saturated heterocycles. The normalized spacial score (nSPS) is 14.1. The maximum Gasteiger partial charge on any atom is 0.233 e. The number of carbonyl (C=O) groups excluding carboxylic acids is 2. The third-order valence-electron chi connectivity index (χ3n) is 3.27. The van der Waals surface area contributed by atoms with Gasteiger partial charge in [0.15, 0.2) is 0 Å². The first-order chi connectivity index (χ1) is 9.19. The van der Waals surface area contributed by atoms with Crippen molar-refractivity contribution in [3.05, 3.63) is 41.5 Å². The zero-order chi connectivity index (χ0) is 13.8. The zero-order valence-corrected chi connectivity index (χ0v) is 11.5. The van der Waals surface area contributed by atoms with Crippen LogP contribution >= 0.6 is 0 Å². The Morgan fingerprint density at radius 3 is 2.11 bits per heavy atom. The number of rotatable bonds is 5. The van der Waals surface area contributed by atoms with E-state index in [4.69, 9.17) is 0 Å². The minimum Gasteiger partial charge on any atom is -0.371 e. The molecular weight excluding hydrogens is 238 g/mol. The van der Waals surface area contributed by atoms with Crippen LogP contribution in [-0.2, 0) is 4.79 Å². The Morgan fingerprint density at radius 1 is 0.947 bits per heavy atom. The van der Waals surface area contributed by atoms with Crippen molar-refractivity contribution in [2.45, 2.75) is 26.7 Å². The lowest BCUT2D eigenvalue weighted by molar-refractivity contribution is -0.111. The molecule has 19 heavy (non-hydrogen) atoms. The van der Waals surface area contributed by atoms with Gasteiger partial charge < -0.3 is 4.90 Å². The topological polar surface area (TPSA) is 37.4 Å². The molecule has 0 atom stereocenters. The van der Waals surface area contributed by atoms with E-state index in [2.05, 4.69) is 18.7 Å². The van der Waals surface area contributed by atoms with Crippen LogP contribution in [0.5, 0.6) is 0 Å². The quantitative estimate of drug-likeness (QED) is 0.761. The average Bonchev–Trinajstić information content (AvgIpc) is 2.43. The SMILES string of the molecule is CCCN(CCC)C1=CC(=O)C(=O)c2ccccc21. The predicted octanol–water partition coefficient (Wildman–Crippen LogP) is 2.91. The van der Waals surface area contributed by atoms with Crippen LogP contribution in [0.4, 0.5) is 0 Å². The van der Waals surface area contributed by atoms with Gasteiger partial charge in [0.25, 0.3) is 0 Å². The molecule has 1 aliphatic carbocycles. The molecule has 0 N–H and O–H groups in total. The summed E-state index contributed by atoms with van der Waals surface area (Å²) in [5.74, 6) is -0.807. The first-order valence-corrected chi connectivity index (χ1v) is 6.83. The predicted molar refractivity (Wildman–Crippen MR) is 75.9 cm³/mol. The van der Waals surface area contributed by atoms with E-state index in [1.807, 2.05) is 12.1 Å². The molecule has 1 aromatic carbocycles. The molecule has 3 nitrogen and oxygen atoms in total. The maximum absolute atomic E-state index is 11.9. The van der Waals surface area contributed by atoms with Crippen LogP contribution in [-0.4, -0.2) is 29.6 Å². The minimum atomic E-state index is -0.411. The van der Waals surface area contributed by atoms with Crippen LogP contribution in [0.25, 0.3) is 5.70 Å². The Bertz CT molecular complexity index is 525. The first kappa shape index (κ1) is 13.5. The molecular formula is C16H19NO2. The fraction of sp³-hybridized carbons (Fsp3) is 0.375. The summed E-state index contributed by atoms with van der Waals surface area (Å²) in [6.45, 7) is 6.03. The number of hydrogen-bond donors (Lipinski definition) is 0. The van der Waals surface area contributed by atoms with E-state index in [0.29, 0.717) is 5.56 Å². The minimum absolute atomic E-state index is 0.396. The lowest BCUT2D eigenvalue weighted by Gasteiger charge is -2.29. The van der Waals surface area contributed by atoms with E-state index in [1.54, 1.807) is 12.1 Å². The van der Waals surface area contributed by atoms with Crippen molar-refractivity contribution in [1.82, 2.24) is 4.90 Å². The number of nitrogens with zero attached hydrogens (tertiary/aromatic N) is 1. The molecule has 3 heteroatoms. The van der Waals surface area contributed by atoms with Crippen LogP contribution in [0.3, 0.4) is 0 Å². The summed E-state index contributed by atoms with van der Waals surface area (Å²) in [4.78, 5) is 25.9. The molecule has 1 aromatic rings. The zero-order valence-electron chi connectivity index (χ0n) is 11.5. The molecule has 0 aromatic heterocycles. The maximum atomic E-state index is 11.9. The van der Waals surface area contributed by atoms with E-state index >= 15 is 0 Å². The van der Waals surface area contributed by atoms with Crippen LogP contribution < -0.4 is 0 Å². The number of ketones is 2. The Balaban J connectivity index is 2.46. The molecule has 0 unspecified atom stereocenters. The number of allylic oxidation sites excluding steroid dienone is 1. The fourth-order valence-corrected chi connectivity index (χ4v) is 2.46. The third-order valence-corrected chi connectivity index (χ3v) is 3.27. The summed E-state index contributed by atoms with van der Waals surface area (Å²) in [7, 11) is 0. The monoisotopic (exact) mass is 257 g/mol. The third kappa shape index (κ3) is 2.60. The molecule has 0 bridgehead atoms. The average molecular weight is 257 g/mol. The van der Waals surface area contributed by atoms with Crippen molar-refractivity contribution in [3.8, 4) is 0 Å². The van der Waals surface area contributed by atoms with Crippen molar-refractivity contribution in [3.63, 3.8) is 0 Å². The second-order valence-electron chi connectivity index (χ2n) is 4.76. The van der Waals surface area contributed by atoms with Crippen molar-refractivity contribution in [2.75, 3.05) is 13.1 Å². The van der Waals surface area contributed by atoms with E-state index in [0.717, 1.165) is 37.2 Å². The van der Waals surface area contributed by atoms with Gasteiger partial charge in [0, 0.05) is 36.0 Å². The highest BCUT2D eigenvalue weighted by Crippen LogP contribution is 2.28. The molecule has 100 valence electrons. The molecule has 0 spiro atoms. The Kier molecular flexibility index (Phi) is 4.15. The summed E-state index contributed by atoms with van der Waals surface area (Å²) in [6, 6.07) is 7.37. The number of carbonyl (C=O) groups is 2.